The normalized spacial score (nSPS) is 11.6. The van der Waals surface area contributed by atoms with Crippen LogP contribution in [0, 0.1) is 0 Å². The molecule has 0 spiro atoms. The second-order valence-corrected chi connectivity index (χ2v) is 5.94. The molecule has 1 aromatic heterocycles. The van der Waals surface area contributed by atoms with Crippen molar-refractivity contribution < 1.29 is 10.0 Å². The quantitative estimate of drug-likeness (QED) is 0.452. The molecule has 132 valence electrons. The summed E-state index contributed by atoms with van der Waals surface area (Å²) in [5.74, 6) is -1.03. The lowest BCUT2D eigenvalue weighted by Gasteiger charge is -2.17. The average Bonchev–Trinajstić information content (AvgIpc) is 2.70. The summed E-state index contributed by atoms with van der Waals surface area (Å²) in [6, 6.07) is 23.0. The molecule has 0 radical (unpaired) electrons. The Labute approximate surface area is 152 Å². The molecule has 0 aliphatic heterocycles. The summed E-state index contributed by atoms with van der Waals surface area (Å²) in [6.07, 6.45) is 2.60. The summed E-state index contributed by atoms with van der Waals surface area (Å²) >= 11 is 0. The lowest BCUT2D eigenvalue weighted by Crippen LogP contribution is -2.27. The Kier molecular flexibility index (Phi) is 5.96. The van der Waals surface area contributed by atoms with Crippen LogP contribution in [0.1, 0.15) is 22.7 Å². The first kappa shape index (κ1) is 17.6. The van der Waals surface area contributed by atoms with Gasteiger partial charge < -0.3 is 5.32 Å². The van der Waals surface area contributed by atoms with Crippen molar-refractivity contribution in [1.29, 1.82) is 0 Å². The molecule has 2 aromatic carbocycles. The van der Waals surface area contributed by atoms with Crippen LogP contribution in [0.4, 0.5) is 5.69 Å². The van der Waals surface area contributed by atoms with E-state index in [0.29, 0.717) is 0 Å². The van der Waals surface area contributed by atoms with Crippen LogP contribution in [0.2, 0.25) is 0 Å². The molecule has 0 saturated carbocycles. The first-order valence-corrected chi connectivity index (χ1v) is 8.50. The Morgan fingerprint density at radius 3 is 2.46 bits per heavy atom. The molecule has 1 heterocycles. The van der Waals surface area contributed by atoms with Crippen LogP contribution >= 0.6 is 0 Å². The smallest absolute Gasteiger partial charge is 0.255 e. The largest absolute Gasteiger partial charge is 0.385 e. The van der Waals surface area contributed by atoms with E-state index in [4.69, 9.17) is 5.21 Å². The minimum atomic E-state index is -0.571. The Balaban J connectivity index is 1.75. The predicted molar refractivity (Wildman–Crippen MR) is 101 cm³/mol. The topological polar surface area (TPSA) is 74.2 Å². The van der Waals surface area contributed by atoms with Gasteiger partial charge in [-0.25, -0.2) is 5.48 Å². The van der Waals surface area contributed by atoms with Crippen LogP contribution in [0.25, 0.3) is 0 Å². The van der Waals surface area contributed by atoms with E-state index < -0.39 is 11.8 Å². The zero-order valence-corrected chi connectivity index (χ0v) is 14.3. The number of hydrogen-bond donors (Lipinski definition) is 3. The molecule has 0 fully saturated rings. The summed E-state index contributed by atoms with van der Waals surface area (Å²) < 4.78 is 0. The van der Waals surface area contributed by atoms with E-state index in [1.807, 2.05) is 72.8 Å². The molecule has 1 unspecified atom stereocenters. The van der Waals surface area contributed by atoms with Gasteiger partial charge in [0.2, 0.25) is 0 Å². The van der Waals surface area contributed by atoms with Crippen molar-refractivity contribution >= 4 is 11.6 Å². The van der Waals surface area contributed by atoms with Gasteiger partial charge in [-0.3, -0.25) is 15.0 Å². The third kappa shape index (κ3) is 4.46. The number of amides is 1. The Morgan fingerprint density at radius 2 is 1.73 bits per heavy atom. The van der Waals surface area contributed by atoms with Gasteiger partial charge in [-0.2, -0.15) is 0 Å². The summed E-state index contributed by atoms with van der Waals surface area (Å²) in [5.41, 5.74) is 5.36. The summed E-state index contributed by atoms with van der Waals surface area (Å²) in [7, 11) is 0. The molecule has 1 amide bonds. The van der Waals surface area contributed by atoms with Gasteiger partial charge in [-0.05, 0) is 35.4 Å². The maximum atomic E-state index is 12.2. The zero-order valence-electron chi connectivity index (χ0n) is 14.3. The molecule has 5 nitrogen and oxygen atoms in total. The fourth-order valence-electron chi connectivity index (χ4n) is 2.91. The molecule has 5 heteroatoms. The number of pyridine rings is 1. The van der Waals surface area contributed by atoms with E-state index in [0.717, 1.165) is 35.5 Å². The fourth-order valence-corrected chi connectivity index (χ4v) is 2.91. The number of carbonyl (C=O) groups excluding carboxylic acids is 1. The number of aromatic nitrogens is 1. The molecule has 3 N–H and O–H groups in total. The number of hydrogen-bond acceptors (Lipinski definition) is 4. The molecule has 1 atom stereocenters. The van der Waals surface area contributed by atoms with Gasteiger partial charge in [0.15, 0.2) is 0 Å². The summed E-state index contributed by atoms with van der Waals surface area (Å²) in [5, 5.41) is 12.5. The van der Waals surface area contributed by atoms with Gasteiger partial charge in [0.1, 0.15) is 0 Å². The van der Waals surface area contributed by atoms with E-state index >= 15 is 0 Å². The molecular formula is C21H21N3O2. The molecule has 0 aliphatic rings. The maximum Gasteiger partial charge on any atom is 0.255 e. The lowest BCUT2D eigenvalue weighted by atomic mass is 9.90. The number of anilines is 1. The van der Waals surface area contributed by atoms with Gasteiger partial charge in [-0.1, -0.05) is 48.5 Å². The molecule has 3 aromatic rings. The second-order valence-electron chi connectivity index (χ2n) is 5.94. The van der Waals surface area contributed by atoms with Crippen molar-refractivity contribution in [1.82, 2.24) is 10.5 Å². The number of carbonyl (C=O) groups is 1. The molecule has 3 rings (SSSR count). The zero-order chi connectivity index (χ0) is 18.2. The van der Waals surface area contributed by atoms with Crippen molar-refractivity contribution in [3.05, 3.63) is 95.8 Å². The van der Waals surface area contributed by atoms with Crippen molar-refractivity contribution in [3.63, 3.8) is 0 Å². The van der Waals surface area contributed by atoms with Crippen LogP contribution in [-0.2, 0) is 11.2 Å². The minimum absolute atomic E-state index is 0.457. The first-order valence-electron chi connectivity index (χ1n) is 8.50. The number of hydroxylamine groups is 1. The van der Waals surface area contributed by atoms with E-state index in [1.54, 1.807) is 11.7 Å². The van der Waals surface area contributed by atoms with Crippen molar-refractivity contribution in [2.45, 2.75) is 12.3 Å². The monoisotopic (exact) mass is 347 g/mol. The molecule has 26 heavy (non-hydrogen) atoms. The van der Waals surface area contributed by atoms with Crippen molar-refractivity contribution in [3.8, 4) is 0 Å². The standard InChI is InChI=1S/C21H21N3O2/c25-21(24-26)20(16-7-2-1-3-8-16)17-9-6-11-19(15-17)23-14-12-18-10-4-5-13-22-18/h1-11,13,15,20,23,26H,12,14H2,(H,24,25). The van der Waals surface area contributed by atoms with Gasteiger partial charge in [0, 0.05) is 30.5 Å². The van der Waals surface area contributed by atoms with E-state index in [-0.39, 0.29) is 0 Å². The summed E-state index contributed by atoms with van der Waals surface area (Å²) in [4.78, 5) is 16.5. The SMILES string of the molecule is O=C(NO)C(c1ccccc1)c1cccc(NCCc2ccccn2)c1. The van der Waals surface area contributed by atoms with Gasteiger partial charge >= 0.3 is 0 Å². The van der Waals surface area contributed by atoms with Gasteiger partial charge in [-0.15, -0.1) is 0 Å². The minimum Gasteiger partial charge on any atom is -0.385 e. The number of nitrogens with one attached hydrogen (secondary N) is 2. The van der Waals surface area contributed by atoms with E-state index in [2.05, 4.69) is 10.3 Å². The molecular weight excluding hydrogens is 326 g/mol. The number of rotatable bonds is 7. The maximum absolute atomic E-state index is 12.2. The molecule has 0 saturated heterocycles. The molecule has 0 aliphatic carbocycles. The fraction of sp³-hybridized carbons (Fsp3) is 0.143. The van der Waals surface area contributed by atoms with Crippen LogP contribution in [0.5, 0.6) is 0 Å². The highest BCUT2D eigenvalue weighted by atomic mass is 16.5. The van der Waals surface area contributed by atoms with Crippen LogP contribution in [0.3, 0.4) is 0 Å². The van der Waals surface area contributed by atoms with Crippen LogP contribution in [-0.4, -0.2) is 22.6 Å². The first-order chi connectivity index (χ1) is 12.8. The second kappa shape index (κ2) is 8.78. The third-order valence-electron chi connectivity index (χ3n) is 4.16. The van der Waals surface area contributed by atoms with Crippen molar-refractivity contribution in [2.75, 3.05) is 11.9 Å². The Hall–Kier alpha value is -3.18. The highest BCUT2D eigenvalue weighted by Gasteiger charge is 2.22. The third-order valence-corrected chi connectivity index (χ3v) is 4.16. The van der Waals surface area contributed by atoms with E-state index in [9.17, 15) is 4.79 Å². The molecule has 0 bridgehead atoms. The van der Waals surface area contributed by atoms with Gasteiger partial charge in [0.25, 0.3) is 5.91 Å². The van der Waals surface area contributed by atoms with Crippen LogP contribution < -0.4 is 10.8 Å². The number of nitrogens with zero attached hydrogens (tertiary/aromatic N) is 1. The Morgan fingerprint density at radius 1 is 0.962 bits per heavy atom. The predicted octanol–water partition coefficient (Wildman–Crippen LogP) is 3.37. The number of benzene rings is 2. The van der Waals surface area contributed by atoms with Crippen LogP contribution in [0.15, 0.2) is 79.0 Å². The average molecular weight is 347 g/mol. The van der Waals surface area contributed by atoms with Gasteiger partial charge in [0.05, 0.1) is 5.92 Å². The van der Waals surface area contributed by atoms with E-state index in [1.165, 1.54) is 0 Å². The summed E-state index contributed by atoms with van der Waals surface area (Å²) in [6.45, 7) is 0.739. The Bertz CT molecular complexity index is 838. The highest BCUT2D eigenvalue weighted by Crippen LogP contribution is 2.26. The highest BCUT2D eigenvalue weighted by molar-refractivity contribution is 5.86. The lowest BCUT2D eigenvalue weighted by molar-refractivity contribution is -0.129. The van der Waals surface area contributed by atoms with Crippen molar-refractivity contribution in [2.24, 2.45) is 0 Å².